The highest BCUT2D eigenvalue weighted by Gasteiger charge is 2.24. The molecule has 1 aromatic rings. The second kappa shape index (κ2) is 6.70. The number of carbonyl (C=O) groups excluding carboxylic acids is 1. The highest BCUT2D eigenvalue weighted by Crippen LogP contribution is 2.15. The van der Waals surface area contributed by atoms with Gasteiger partial charge in [-0.3, -0.25) is 9.59 Å². The third kappa shape index (κ3) is 3.70. The van der Waals surface area contributed by atoms with Gasteiger partial charge in [0.15, 0.2) is 0 Å². The Morgan fingerprint density at radius 3 is 2.85 bits per heavy atom. The fourth-order valence-corrected chi connectivity index (χ4v) is 2.61. The summed E-state index contributed by atoms with van der Waals surface area (Å²) in [6.45, 7) is 6.78. The summed E-state index contributed by atoms with van der Waals surface area (Å²) in [5, 5.41) is 3.37. The maximum Gasteiger partial charge on any atom is 0.270 e. The van der Waals surface area contributed by atoms with Crippen LogP contribution in [0.25, 0.3) is 0 Å². The van der Waals surface area contributed by atoms with E-state index in [1.165, 1.54) is 6.07 Å². The van der Waals surface area contributed by atoms with Crippen LogP contribution >= 0.6 is 0 Å². The standard InChI is InChI=1S/C15H23N3O2/c1-11(2)18(10-12-5-4-8-16-9-12)15(20)13-6-3-7-14(19)17-13/h3,6-7,11-12,16H,4-5,8-10H2,1-2H3,(H,17,19). The molecule has 2 rings (SSSR count). The van der Waals surface area contributed by atoms with Crippen LogP contribution in [-0.2, 0) is 0 Å². The Kier molecular flexibility index (Phi) is 4.95. The third-order valence-corrected chi connectivity index (χ3v) is 3.74. The average molecular weight is 277 g/mol. The molecule has 1 aliphatic heterocycles. The van der Waals surface area contributed by atoms with E-state index < -0.39 is 0 Å². The molecule has 1 amide bonds. The Balaban J connectivity index is 2.11. The smallest absolute Gasteiger partial charge is 0.270 e. The lowest BCUT2D eigenvalue weighted by molar-refractivity contribution is 0.0654. The summed E-state index contributed by atoms with van der Waals surface area (Å²) in [4.78, 5) is 28.4. The second-order valence-corrected chi connectivity index (χ2v) is 5.69. The van der Waals surface area contributed by atoms with Gasteiger partial charge in [0, 0.05) is 18.7 Å². The molecule has 0 aliphatic carbocycles. The monoisotopic (exact) mass is 277 g/mol. The van der Waals surface area contributed by atoms with Crippen LogP contribution in [-0.4, -0.2) is 41.5 Å². The first kappa shape index (κ1) is 14.8. The number of aromatic amines is 1. The van der Waals surface area contributed by atoms with Gasteiger partial charge < -0.3 is 15.2 Å². The van der Waals surface area contributed by atoms with Gasteiger partial charge in [0.25, 0.3) is 5.91 Å². The minimum Gasteiger partial charge on any atom is -0.335 e. The zero-order chi connectivity index (χ0) is 14.5. The third-order valence-electron chi connectivity index (χ3n) is 3.74. The van der Waals surface area contributed by atoms with Crippen molar-refractivity contribution < 1.29 is 4.79 Å². The fraction of sp³-hybridized carbons (Fsp3) is 0.600. The molecule has 0 saturated carbocycles. The molecule has 1 aromatic heterocycles. The summed E-state index contributed by atoms with van der Waals surface area (Å²) in [5.74, 6) is 0.397. The zero-order valence-corrected chi connectivity index (χ0v) is 12.2. The van der Waals surface area contributed by atoms with Gasteiger partial charge in [-0.05, 0) is 51.8 Å². The molecule has 2 N–H and O–H groups in total. The zero-order valence-electron chi connectivity index (χ0n) is 12.2. The minimum absolute atomic E-state index is 0.0942. The Bertz CT molecular complexity index is 504. The van der Waals surface area contributed by atoms with E-state index in [1.54, 1.807) is 12.1 Å². The molecule has 0 bridgehead atoms. The summed E-state index contributed by atoms with van der Waals surface area (Å²) in [5.41, 5.74) is 0.133. The summed E-state index contributed by atoms with van der Waals surface area (Å²) in [6.07, 6.45) is 2.31. The highest BCUT2D eigenvalue weighted by molar-refractivity contribution is 5.92. The summed E-state index contributed by atoms with van der Waals surface area (Å²) < 4.78 is 0. The predicted molar refractivity (Wildman–Crippen MR) is 78.8 cm³/mol. The SMILES string of the molecule is CC(C)N(CC1CCCNC1)C(=O)c1cccc(=O)[nH]1. The van der Waals surface area contributed by atoms with E-state index in [9.17, 15) is 9.59 Å². The van der Waals surface area contributed by atoms with Gasteiger partial charge in [0.1, 0.15) is 5.69 Å². The first-order valence-corrected chi connectivity index (χ1v) is 7.29. The quantitative estimate of drug-likeness (QED) is 0.870. The van der Waals surface area contributed by atoms with Crippen LogP contribution < -0.4 is 10.9 Å². The number of nitrogens with one attached hydrogen (secondary N) is 2. The molecular formula is C15H23N3O2. The molecule has 1 aliphatic rings. The molecule has 20 heavy (non-hydrogen) atoms. The molecule has 1 unspecified atom stereocenters. The number of piperidine rings is 1. The van der Waals surface area contributed by atoms with Crippen LogP contribution in [0.4, 0.5) is 0 Å². The van der Waals surface area contributed by atoms with Crippen LogP contribution in [0.3, 0.4) is 0 Å². The Morgan fingerprint density at radius 1 is 1.45 bits per heavy atom. The Labute approximate surface area is 119 Å². The van der Waals surface area contributed by atoms with Gasteiger partial charge in [-0.2, -0.15) is 0 Å². The maximum absolute atomic E-state index is 12.5. The largest absolute Gasteiger partial charge is 0.335 e. The number of carbonyl (C=O) groups is 1. The molecular weight excluding hydrogens is 254 g/mol. The first-order valence-electron chi connectivity index (χ1n) is 7.29. The lowest BCUT2D eigenvalue weighted by atomic mass is 9.98. The average Bonchev–Trinajstić information content (AvgIpc) is 2.45. The lowest BCUT2D eigenvalue weighted by Gasteiger charge is -2.32. The molecule has 0 spiro atoms. The number of H-pyrrole nitrogens is 1. The van der Waals surface area contributed by atoms with Crippen molar-refractivity contribution in [2.45, 2.75) is 32.7 Å². The maximum atomic E-state index is 12.5. The van der Waals surface area contributed by atoms with Gasteiger partial charge in [0.05, 0.1) is 0 Å². The summed E-state index contributed by atoms with van der Waals surface area (Å²) in [6, 6.07) is 4.82. The second-order valence-electron chi connectivity index (χ2n) is 5.69. The molecule has 1 atom stereocenters. The molecule has 110 valence electrons. The molecule has 1 fully saturated rings. The molecule has 5 heteroatoms. The van der Waals surface area contributed by atoms with Gasteiger partial charge in [-0.25, -0.2) is 0 Å². The van der Waals surface area contributed by atoms with Gasteiger partial charge in [0.2, 0.25) is 5.56 Å². The number of aromatic nitrogens is 1. The van der Waals surface area contributed by atoms with Crippen molar-refractivity contribution in [1.82, 2.24) is 15.2 Å². The van der Waals surface area contributed by atoms with Crippen molar-refractivity contribution in [2.75, 3.05) is 19.6 Å². The van der Waals surface area contributed by atoms with Crippen molar-refractivity contribution in [3.63, 3.8) is 0 Å². The van der Waals surface area contributed by atoms with Crippen molar-refractivity contribution in [3.8, 4) is 0 Å². The minimum atomic E-state index is -0.237. The van der Waals surface area contributed by atoms with Crippen LogP contribution in [0, 0.1) is 5.92 Å². The predicted octanol–water partition coefficient (Wildman–Crippen LogP) is 1.23. The highest BCUT2D eigenvalue weighted by atomic mass is 16.2. The van der Waals surface area contributed by atoms with Crippen LogP contribution in [0.5, 0.6) is 0 Å². The first-order chi connectivity index (χ1) is 9.58. The van der Waals surface area contributed by atoms with E-state index in [0.717, 1.165) is 32.5 Å². The van der Waals surface area contributed by atoms with Crippen molar-refractivity contribution in [1.29, 1.82) is 0 Å². The number of pyridine rings is 1. The fourth-order valence-electron chi connectivity index (χ4n) is 2.61. The van der Waals surface area contributed by atoms with Crippen LogP contribution in [0.15, 0.2) is 23.0 Å². The van der Waals surface area contributed by atoms with Gasteiger partial charge in [-0.15, -0.1) is 0 Å². The van der Waals surface area contributed by atoms with E-state index in [0.29, 0.717) is 11.6 Å². The lowest BCUT2D eigenvalue weighted by Crippen LogP contribution is -2.44. The Morgan fingerprint density at radius 2 is 2.25 bits per heavy atom. The van der Waals surface area contributed by atoms with E-state index in [4.69, 9.17) is 0 Å². The topological polar surface area (TPSA) is 65.2 Å². The van der Waals surface area contributed by atoms with E-state index >= 15 is 0 Å². The Hall–Kier alpha value is -1.62. The number of hydrogen-bond acceptors (Lipinski definition) is 3. The summed E-state index contributed by atoms with van der Waals surface area (Å²) in [7, 11) is 0. The number of nitrogens with zero attached hydrogens (tertiary/aromatic N) is 1. The number of amides is 1. The summed E-state index contributed by atoms with van der Waals surface area (Å²) >= 11 is 0. The van der Waals surface area contributed by atoms with Crippen LogP contribution in [0.2, 0.25) is 0 Å². The number of hydrogen-bond donors (Lipinski definition) is 2. The van der Waals surface area contributed by atoms with Crippen molar-refractivity contribution >= 4 is 5.91 Å². The molecule has 0 radical (unpaired) electrons. The molecule has 1 saturated heterocycles. The van der Waals surface area contributed by atoms with Crippen LogP contribution in [0.1, 0.15) is 37.2 Å². The van der Waals surface area contributed by atoms with E-state index in [-0.39, 0.29) is 17.5 Å². The molecule has 5 nitrogen and oxygen atoms in total. The van der Waals surface area contributed by atoms with E-state index in [1.807, 2.05) is 18.7 Å². The number of rotatable bonds is 4. The van der Waals surface area contributed by atoms with E-state index in [2.05, 4.69) is 10.3 Å². The van der Waals surface area contributed by atoms with Crippen molar-refractivity contribution in [3.05, 3.63) is 34.2 Å². The molecule has 2 heterocycles. The normalized spacial score (nSPS) is 19.1. The molecule has 0 aromatic carbocycles. The van der Waals surface area contributed by atoms with Crippen molar-refractivity contribution in [2.24, 2.45) is 5.92 Å². The van der Waals surface area contributed by atoms with Gasteiger partial charge >= 0.3 is 0 Å². The van der Waals surface area contributed by atoms with Gasteiger partial charge in [-0.1, -0.05) is 6.07 Å².